The van der Waals surface area contributed by atoms with Gasteiger partial charge < -0.3 is 4.42 Å². The van der Waals surface area contributed by atoms with E-state index in [1.807, 2.05) is 0 Å². The number of hydrogen-bond acceptors (Lipinski definition) is 4. The Bertz CT molecular complexity index is 938. The molecule has 3 rings (SSSR count). The zero-order valence-electron chi connectivity index (χ0n) is 12.0. The molecule has 0 saturated heterocycles. The molecule has 2 heterocycles. The van der Waals surface area contributed by atoms with Crippen LogP contribution in [-0.2, 0) is 14.1 Å². The van der Waals surface area contributed by atoms with Crippen LogP contribution in [-0.4, -0.2) is 20.2 Å². The molecule has 0 aliphatic heterocycles. The molecule has 0 aliphatic rings. The van der Waals surface area contributed by atoms with Gasteiger partial charge in [0.05, 0.1) is 5.69 Å². The van der Waals surface area contributed by atoms with E-state index in [2.05, 4.69) is 0 Å². The molecule has 7 heteroatoms. The van der Waals surface area contributed by atoms with Gasteiger partial charge in [0.15, 0.2) is 12.0 Å². The highest BCUT2D eigenvalue weighted by Crippen LogP contribution is 2.23. The predicted octanol–water partition coefficient (Wildman–Crippen LogP) is 0.947. The van der Waals surface area contributed by atoms with Gasteiger partial charge in [-0.1, -0.05) is 12.1 Å². The van der Waals surface area contributed by atoms with E-state index in [0.29, 0.717) is 23.3 Å². The standard InChI is InChI=1S/C15H13N3O4/c1-16-14(20)18(15(21)17(16)2)11-5-3-4-10(8-11)13-7-6-12(9-19)22-13/h3-9H,1-2H3. The second-order valence-electron chi connectivity index (χ2n) is 4.82. The summed E-state index contributed by atoms with van der Waals surface area (Å²) in [5.74, 6) is 0.706. The number of aromatic nitrogens is 3. The molecule has 3 aromatic rings. The van der Waals surface area contributed by atoms with Gasteiger partial charge in [-0.3, -0.25) is 4.79 Å². The Morgan fingerprint density at radius 3 is 2.27 bits per heavy atom. The van der Waals surface area contributed by atoms with E-state index in [-0.39, 0.29) is 5.76 Å². The van der Waals surface area contributed by atoms with Crippen LogP contribution in [0.25, 0.3) is 17.0 Å². The summed E-state index contributed by atoms with van der Waals surface area (Å²) in [5.41, 5.74) is 0.242. The van der Waals surface area contributed by atoms with E-state index < -0.39 is 11.4 Å². The Labute approximate surface area is 124 Å². The molecule has 2 aromatic heterocycles. The minimum atomic E-state index is -0.433. The van der Waals surface area contributed by atoms with E-state index in [1.165, 1.54) is 23.5 Å². The lowest BCUT2D eigenvalue weighted by Crippen LogP contribution is -2.26. The second kappa shape index (κ2) is 5.03. The zero-order valence-corrected chi connectivity index (χ0v) is 12.0. The van der Waals surface area contributed by atoms with Crippen molar-refractivity contribution in [2.45, 2.75) is 0 Å². The van der Waals surface area contributed by atoms with Crippen LogP contribution in [0.15, 0.2) is 50.4 Å². The lowest BCUT2D eigenvalue weighted by Gasteiger charge is -2.02. The highest BCUT2D eigenvalue weighted by Gasteiger charge is 2.13. The summed E-state index contributed by atoms with van der Waals surface area (Å²) < 4.78 is 8.89. The number of benzene rings is 1. The smallest absolute Gasteiger partial charge is 0.351 e. The molecule has 0 radical (unpaired) electrons. The molecule has 0 fully saturated rings. The number of nitrogens with zero attached hydrogens (tertiary/aromatic N) is 3. The van der Waals surface area contributed by atoms with Gasteiger partial charge in [-0.2, -0.15) is 0 Å². The van der Waals surface area contributed by atoms with Crippen LogP contribution in [0.4, 0.5) is 0 Å². The van der Waals surface area contributed by atoms with Crippen molar-refractivity contribution in [3.05, 3.63) is 63.1 Å². The van der Waals surface area contributed by atoms with Crippen LogP contribution in [0.2, 0.25) is 0 Å². The molecule has 7 nitrogen and oxygen atoms in total. The highest BCUT2D eigenvalue weighted by molar-refractivity contribution is 5.73. The first-order valence-corrected chi connectivity index (χ1v) is 6.54. The van der Waals surface area contributed by atoms with Gasteiger partial charge in [0.2, 0.25) is 0 Å². The molecule has 0 bridgehead atoms. The first-order chi connectivity index (χ1) is 10.5. The fraction of sp³-hybridized carbons (Fsp3) is 0.133. The van der Waals surface area contributed by atoms with Crippen molar-refractivity contribution in [3.63, 3.8) is 0 Å². The topological polar surface area (TPSA) is 79.1 Å². The van der Waals surface area contributed by atoms with Gasteiger partial charge >= 0.3 is 11.4 Å². The quantitative estimate of drug-likeness (QED) is 0.674. The lowest BCUT2D eigenvalue weighted by molar-refractivity contribution is 0.110. The van der Waals surface area contributed by atoms with Crippen molar-refractivity contribution < 1.29 is 9.21 Å². The van der Waals surface area contributed by atoms with Crippen LogP contribution < -0.4 is 11.4 Å². The molecular formula is C15H13N3O4. The van der Waals surface area contributed by atoms with Gasteiger partial charge in [-0.05, 0) is 24.3 Å². The molecule has 0 saturated carbocycles. The van der Waals surface area contributed by atoms with Crippen molar-refractivity contribution in [2.75, 3.05) is 0 Å². The maximum atomic E-state index is 12.1. The molecule has 0 atom stereocenters. The molecular weight excluding hydrogens is 286 g/mol. The number of carbonyl (C=O) groups excluding carboxylic acids is 1. The summed E-state index contributed by atoms with van der Waals surface area (Å²) in [6, 6.07) is 10.0. The van der Waals surface area contributed by atoms with Gasteiger partial charge in [0.25, 0.3) is 0 Å². The number of furan rings is 1. The molecule has 0 unspecified atom stereocenters. The van der Waals surface area contributed by atoms with Crippen molar-refractivity contribution >= 4 is 6.29 Å². The van der Waals surface area contributed by atoms with Gasteiger partial charge in [-0.15, -0.1) is 0 Å². The summed E-state index contributed by atoms with van der Waals surface area (Å²) in [6.45, 7) is 0. The number of carbonyl (C=O) groups is 1. The van der Waals surface area contributed by atoms with Gasteiger partial charge in [0.1, 0.15) is 5.76 Å². The third-order valence-corrected chi connectivity index (χ3v) is 3.52. The Morgan fingerprint density at radius 1 is 1.00 bits per heavy atom. The molecule has 1 aromatic carbocycles. The maximum Gasteiger partial charge on any atom is 0.351 e. The van der Waals surface area contributed by atoms with Gasteiger partial charge in [0, 0.05) is 19.7 Å². The summed E-state index contributed by atoms with van der Waals surface area (Å²) in [5, 5.41) is 0. The molecule has 22 heavy (non-hydrogen) atoms. The van der Waals surface area contributed by atoms with E-state index in [1.54, 1.807) is 36.4 Å². The normalized spacial score (nSPS) is 10.8. The van der Waals surface area contributed by atoms with E-state index in [9.17, 15) is 14.4 Å². The number of rotatable bonds is 3. The van der Waals surface area contributed by atoms with Crippen LogP contribution in [0.3, 0.4) is 0 Å². The average molecular weight is 299 g/mol. The van der Waals surface area contributed by atoms with Crippen molar-refractivity contribution in [1.82, 2.24) is 13.9 Å². The molecule has 112 valence electrons. The molecule has 0 spiro atoms. The summed E-state index contributed by atoms with van der Waals surface area (Å²) >= 11 is 0. The first kappa shape index (κ1) is 13.9. The van der Waals surface area contributed by atoms with E-state index >= 15 is 0 Å². The van der Waals surface area contributed by atoms with Crippen LogP contribution in [0, 0.1) is 0 Å². The highest BCUT2D eigenvalue weighted by atomic mass is 16.3. The minimum Gasteiger partial charge on any atom is -0.453 e. The predicted molar refractivity (Wildman–Crippen MR) is 79.3 cm³/mol. The minimum absolute atomic E-state index is 0.216. The number of hydrogen-bond donors (Lipinski definition) is 0. The Kier molecular flexibility index (Phi) is 3.17. The monoisotopic (exact) mass is 299 g/mol. The molecule has 0 amide bonds. The summed E-state index contributed by atoms with van der Waals surface area (Å²) in [7, 11) is 3.04. The third kappa shape index (κ3) is 2.03. The van der Waals surface area contributed by atoms with Crippen molar-refractivity contribution in [1.29, 1.82) is 0 Å². The average Bonchev–Trinajstić information content (AvgIpc) is 3.08. The zero-order chi connectivity index (χ0) is 15.9. The third-order valence-electron chi connectivity index (χ3n) is 3.52. The largest absolute Gasteiger partial charge is 0.453 e. The second-order valence-corrected chi connectivity index (χ2v) is 4.82. The lowest BCUT2D eigenvalue weighted by atomic mass is 10.1. The maximum absolute atomic E-state index is 12.1. The fourth-order valence-corrected chi connectivity index (χ4v) is 2.22. The van der Waals surface area contributed by atoms with Crippen LogP contribution >= 0.6 is 0 Å². The van der Waals surface area contributed by atoms with Crippen LogP contribution in [0.1, 0.15) is 10.6 Å². The Balaban J connectivity index is 2.17. The molecule has 0 aliphatic carbocycles. The number of aldehydes is 1. The fourth-order valence-electron chi connectivity index (χ4n) is 2.22. The van der Waals surface area contributed by atoms with Gasteiger partial charge in [-0.25, -0.2) is 23.5 Å². The van der Waals surface area contributed by atoms with Crippen molar-refractivity contribution in [3.8, 4) is 17.0 Å². The van der Waals surface area contributed by atoms with E-state index in [0.717, 1.165) is 4.57 Å². The SMILES string of the molecule is Cn1c(=O)n(-c2cccc(-c3ccc(C=O)o3)c2)c(=O)n1C. The van der Waals surface area contributed by atoms with Crippen molar-refractivity contribution in [2.24, 2.45) is 14.1 Å². The summed E-state index contributed by atoms with van der Waals surface area (Å²) in [4.78, 5) is 35.0. The van der Waals surface area contributed by atoms with E-state index in [4.69, 9.17) is 4.42 Å². The first-order valence-electron chi connectivity index (χ1n) is 6.54. The molecule has 0 N–H and O–H groups in total. The Hall–Kier alpha value is -3.09. The summed E-state index contributed by atoms with van der Waals surface area (Å²) in [6.07, 6.45) is 0.616. The van der Waals surface area contributed by atoms with Crippen LogP contribution in [0.5, 0.6) is 0 Å². The Morgan fingerprint density at radius 2 is 1.68 bits per heavy atom.